The number of nitrogens with one attached hydrogen (secondary N) is 1. The third-order valence-electron chi connectivity index (χ3n) is 6.79. The molecule has 2 aliphatic heterocycles. The number of carbonyl (C=O) groups is 2. The first kappa shape index (κ1) is 20.2. The number of benzene rings is 1. The van der Waals surface area contributed by atoms with Crippen molar-refractivity contribution >= 4 is 17.5 Å². The van der Waals surface area contributed by atoms with E-state index in [1.165, 1.54) is 25.7 Å². The fourth-order valence-corrected chi connectivity index (χ4v) is 4.86. The van der Waals surface area contributed by atoms with Crippen LogP contribution in [0.25, 0.3) is 0 Å². The van der Waals surface area contributed by atoms with Gasteiger partial charge in [0.05, 0.1) is 6.04 Å². The molecule has 0 aromatic heterocycles. The van der Waals surface area contributed by atoms with Crippen LogP contribution in [0.2, 0.25) is 0 Å². The smallest absolute Gasteiger partial charge is 0.254 e. The summed E-state index contributed by atoms with van der Waals surface area (Å²) in [4.78, 5) is 32.1. The van der Waals surface area contributed by atoms with E-state index in [1.807, 2.05) is 30.0 Å². The Morgan fingerprint density at radius 2 is 1.66 bits per heavy atom. The van der Waals surface area contributed by atoms with Crippen LogP contribution in [0.5, 0.6) is 0 Å². The Bertz CT molecular complexity index is 717. The molecule has 0 radical (unpaired) electrons. The van der Waals surface area contributed by atoms with Gasteiger partial charge >= 0.3 is 0 Å². The van der Waals surface area contributed by atoms with Crippen molar-refractivity contribution in [3.05, 3.63) is 29.8 Å². The van der Waals surface area contributed by atoms with Crippen molar-refractivity contribution < 1.29 is 9.59 Å². The molecule has 2 saturated heterocycles. The SMILES string of the molecule is CC(C(=O)NC1CCCC1)N1CCN(C(=O)c2cccc(N3CCCC3)c2)CC1. The van der Waals surface area contributed by atoms with Crippen LogP contribution in [0.1, 0.15) is 55.8 Å². The maximum atomic E-state index is 13.0. The summed E-state index contributed by atoms with van der Waals surface area (Å²) in [6.07, 6.45) is 7.12. The van der Waals surface area contributed by atoms with Crippen molar-refractivity contribution in [1.82, 2.24) is 15.1 Å². The van der Waals surface area contributed by atoms with Crippen LogP contribution in [0.4, 0.5) is 5.69 Å². The molecule has 1 saturated carbocycles. The van der Waals surface area contributed by atoms with Crippen LogP contribution < -0.4 is 10.2 Å². The summed E-state index contributed by atoms with van der Waals surface area (Å²) >= 11 is 0. The molecule has 1 aromatic carbocycles. The number of amides is 2. The Balaban J connectivity index is 1.30. The van der Waals surface area contributed by atoms with Gasteiger partial charge in [-0.3, -0.25) is 14.5 Å². The zero-order chi connectivity index (χ0) is 20.2. The third-order valence-corrected chi connectivity index (χ3v) is 6.79. The molecule has 3 fully saturated rings. The van der Waals surface area contributed by atoms with E-state index in [0.29, 0.717) is 19.1 Å². The lowest BCUT2D eigenvalue weighted by Gasteiger charge is -2.37. The van der Waals surface area contributed by atoms with Crippen molar-refractivity contribution in [3.8, 4) is 0 Å². The van der Waals surface area contributed by atoms with Crippen LogP contribution in [0, 0.1) is 0 Å². The van der Waals surface area contributed by atoms with Crippen LogP contribution in [0.15, 0.2) is 24.3 Å². The first-order chi connectivity index (χ1) is 14.1. The summed E-state index contributed by atoms with van der Waals surface area (Å²) in [7, 11) is 0. The highest BCUT2D eigenvalue weighted by Gasteiger charge is 2.29. The van der Waals surface area contributed by atoms with Gasteiger partial charge in [-0.25, -0.2) is 0 Å². The van der Waals surface area contributed by atoms with Gasteiger partial charge < -0.3 is 15.1 Å². The molecule has 1 unspecified atom stereocenters. The molecule has 1 atom stereocenters. The quantitative estimate of drug-likeness (QED) is 0.828. The minimum absolute atomic E-state index is 0.105. The van der Waals surface area contributed by atoms with E-state index in [0.717, 1.165) is 50.3 Å². The summed E-state index contributed by atoms with van der Waals surface area (Å²) in [5.74, 6) is 0.240. The number of hydrogen-bond donors (Lipinski definition) is 1. The van der Waals surface area contributed by atoms with Crippen molar-refractivity contribution in [2.24, 2.45) is 0 Å². The zero-order valence-electron chi connectivity index (χ0n) is 17.6. The van der Waals surface area contributed by atoms with Crippen molar-refractivity contribution in [2.75, 3.05) is 44.2 Å². The molecule has 1 aromatic rings. The zero-order valence-corrected chi connectivity index (χ0v) is 17.6. The molecule has 0 spiro atoms. The molecule has 4 rings (SSSR count). The molecule has 6 heteroatoms. The van der Waals surface area contributed by atoms with Crippen molar-refractivity contribution in [1.29, 1.82) is 0 Å². The fourth-order valence-electron chi connectivity index (χ4n) is 4.86. The summed E-state index contributed by atoms with van der Waals surface area (Å²) in [5.41, 5.74) is 1.93. The van der Waals surface area contributed by atoms with Crippen molar-refractivity contribution in [2.45, 2.75) is 57.5 Å². The van der Waals surface area contributed by atoms with Gasteiger partial charge in [-0.1, -0.05) is 18.9 Å². The first-order valence-corrected chi connectivity index (χ1v) is 11.3. The van der Waals surface area contributed by atoms with Gasteiger partial charge in [0.2, 0.25) is 5.91 Å². The van der Waals surface area contributed by atoms with Gasteiger partial charge in [-0.2, -0.15) is 0 Å². The second-order valence-corrected chi connectivity index (χ2v) is 8.74. The van der Waals surface area contributed by atoms with Crippen LogP contribution >= 0.6 is 0 Å². The predicted molar refractivity (Wildman–Crippen MR) is 115 cm³/mol. The molecule has 3 aliphatic rings. The van der Waals surface area contributed by atoms with Crippen LogP contribution in [0.3, 0.4) is 0 Å². The van der Waals surface area contributed by atoms with E-state index in [4.69, 9.17) is 0 Å². The van der Waals surface area contributed by atoms with Crippen molar-refractivity contribution in [3.63, 3.8) is 0 Å². The number of rotatable bonds is 5. The molecular weight excluding hydrogens is 364 g/mol. The van der Waals surface area contributed by atoms with Crippen LogP contribution in [-0.2, 0) is 4.79 Å². The molecule has 29 heavy (non-hydrogen) atoms. The first-order valence-electron chi connectivity index (χ1n) is 11.3. The lowest BCUT2D eigenvalue weighted by atomic mass is 10.1. The maximum Gasteiger partial charge on any atom is 0.254 e. The Labute approximate surface area is 174 Å². The molecule has 158 valence electrons. The normalized spacial score (nSPS) is 22.1. The number of carbonyl (C=O) groups excluding carboxylic acids is 2. The second kappa shape index (κ2) is 9.16. The van der Waals surface area contributed by atoms with E-state index in [9.17, 15) is 9.59 Å². The number of piperazine rings is 1. The monoisotopic (exact) mass is 398 g/mol. The summed E-state index contributed by atoms with van der Waals surface area (Å²) in [6.45, 7) is 6.99. The van der Waals surface area contributed by atoms with Gasteiger partial charge in [-0.05, 0) is 50.8 Å². The summed E-state index contributed by atoms with van der Waals surface area (Å²) < 4.78 is 0. The van der Waals surface area contributed by atoms with Gasteiger partial charge in [0.1, 0.15) is 0 Å². The Hall–Kier alpha value is -2.08. The number of nitrogens with zero attached hydrogens (tertiary/aromatic N) is 3. The predicted octanol–water partition coefficient (Wildman–Crippen LogP) is 2.49. The molecular formula is C23H34N4O2. The highest BCUT2D eigenvalue weighted by atomic mass is 16.2. The van der Waals surface area contributed by atoms with E-state index < -0.39 is 0 Å². The highest BCUT2D eigenvalue weighted by Crippen LogP contribution is 2.22. The molecule has 1 aliphatic carbocycles. The van der Waals surface area contributed by atoms with Crippen LogP contribution in [-0.4, -0.2) is 73.0 Å². The van der Waals surface area contributed by atoms with E-state index in [-0.39, 0.29) is 17.9 Å². The average Bonchev–Trinajstić information content (AvgIpc) is 3.47. The fraction of sp³-hybridized carbons (Fsp3) is 0.652. The molecule has 6 nitrogen and oxygen atoms in total. The standard InChI is InChI=1S/C23H34N4O2/c1-18(22(28)24-20-8-2-3-9-20)25-13-15-27(16-14-25)23(29)19-7-6-10-21(17-19)26-11-4-5-12-26/h6-7,10,17-18,20H,2-5,8-9,11-16H2,1H3,(H,24,28). The summed E-state index contributed by atoms with van der Waals surface area (Å²) in [6, 6.07) is 8.28. The molecule has 1 N–H and O–H groups in total. The Morgan fingerprint density at radius 1 is 0.966 bits per heavy atom. The molecule has 0 bridgehead atoms. The van der Waals surface area contributed by atoms with Gasteiger partial charge in [0.25, 0.3) is 5.91 Å². The topological polar surface area (TPSA) is 55.9 Å². The molecule has 2 amide bonds. The third kappa shape index (κ3) is 4.74. The Kier molecular flexibility index (Phi) is 6.38. The minimum Gasteiger partial charge on any atom is -0.372 e. The lowest BCUT2D eigenvalue weighted by Crippen LogP contribution is -2.55. The van der Waals surface area contributed by atoms with E-state index in [1.54, 1.807) is 0 Å². The van der Waals surface area contributed by atoms with Gasteiger partial charge in [0, 0.05) is 56.6 Å². The lowest BCUT2D eigenvalue weighted by molar-refractivity contribution is -0.127. The Morgan fingerprint density at radius 3 is 2.34 bits per heavy atom. The number of anilines is 1. The largest absolute Gasteiger partial charge is 0.372 e. The molecule has 2 heterocycles. The second-order valence-electron chi connectivity index (χ2n) is 8.74. The average molecular weight is 399 g/mol. The number of hydrogen-bond acceptors (Lipinski definition) is 4. The van der Waals surface area contributed by atoms with Gasteiger partial charge in [-0.15, -0.1) is 0 Å². The maximum absolute atomic E-state index is 13.0. The minimum atomic E-state index is -0.133. The van der Waals surface area contributed by atoms with Gasteiger partial charge in [0.15, 0.2) is 0 Å². The highest BCUT2D eigenvalue weighted by molar-refractivity contribution is 5.95. The summed E-state index contributed by atoms with van der Waals surface area (Å²) in [5, 5.41) is 3.20. The van der Waals surface area contributed by atoms with E-state index in [2.05, 4.69) is 21.2 Å². The van der Waals surface area contributed by atoms with E-state index >= 15 is 0 Å².